The van der Waals surface area contributed by atoms with Crippen LogP contribution in [0.2, 0.25) is 0 Å². The molecule has 0 unspecified atom stereocenters. The monoisotopic (exact) mass is 609 g/mol. The second-order valence-electron chi connectivity index (χ2n) is 10.7. The van der Waals surface area contributed by atoms with E-state index in [0.717, 1.165) is 12.0 Å². The second-order valence-corrected chi connectivity index (χ2v) is 12.6. The molecule has 2 aliphatic heterocycles. The number of aliphatic hydroxyl groups excluding tert-OH is 3. The van der Waals surface area contributed by atoms with Crippen molar-refractivity contribution in [2.75, 3.05) is 45.3 Å². The molecule has 1 amide bonds. The van der Waals surface area contributed by atoms with Crippen molar-refractivity contribution in [1.82, 2.24) is 9.62 Å². The van der Waals surface area contributed by atoms with Crippen LogP contribution in [0, 0.1) is 11.8 Å². The van der Waals surface area contributed by atoms with E-state index in [2.05, 4.69) is 5.32 Å². The Hall–Kier alpha value is -2.78. The molecule has 0 aliphatic carbocycles. The smallest absolute Gasteiger partial charge is 0.407 e. The Balaban J connectivity index is 0.00000114. The first-order valence-electron chi connectivity index (χ1n) is 14.0. The number of carbonyl (C=O) groups excluding carboxylic acids is 1. The van der Waals surface area contributed by atoms with Gasteiger partial charge in [-0.25, -0.2) is 13.2 Å². The van der Waals surface area contributed by atoms with Crippen LogP contribution in [0.1, 0.15) is 25.8 Å². The highest BCUT2D eigenvalue weighted by Gasteiger charge is 2.44. The summed E-state index contributed by atoms with van der Waals surface area (Å²) in [6, 6.07) is 14.5. The molecule has 0 bridgehead atoms. The van der Waals surface area contributed by atoms with Crippen molar-refractivity contribution >= 4 is 21.8 Å². The number of aliphatic hydroxyl groups is 3. The summed E-state index contributed by atoms with van der Waals surface area (Å²) in [6.07, 6.45) is -1.69. The molecular weight excluding hydrogens is 566 g/mol. The zero-order chi connectivity index (χ0) is 30.7. The van der Waals surface area contributed by atoms with Crippen molar-refractivity contribution in [2.45, 2.75) is 56.1 Å². The normalized spacial score (nSPS) is 21.4. The summed E-state index contributed by atoms with van der Waals surface area (Å²) in [7, 11) is -3.93. The van der Waals surface area contributed by atoms with Gasteiger partial charge in [0.1, 0.15) is 6.10 Å². The fourth-order valence-electron chi connectivity index (χ4n) is 4.82. The van der Waals surface area contributed by atoms with Gasteiger partial charge in [0.25, 0.3) is 0 Å². The number of fused-ring (bicyclic) bond motifs is 1. The van der Waals surface area contributed by atoms with Crippen molar-refractivity contribution in [3.05, 3.63) is 60.2 Å². The number of ether oxygens (including phenoxy) is 3. The number of benzene rings is 2. The first kappa shape index (κ1) is 33.7. The number of sulfonamides is 1. The average Bonchev–Trinajstić information content (AvgIpc) is 3.58. The number of amides is 1. The van der Waals surface area contributed by atoms with Gasteiger partial charge in [-0.05, 0) is 48.6 Å². The summed E-state index contributed by atoms with van der Waals surface area (Å²) < 4.78 is 44.9. The van der Waals surface area contributed by atoms with Crippen LogP contribution in [0.5, 0.6) is 0 Å². The number of anilines is 1. The maximum atomic E-state index is 13.5. The van der Waals surface area contributed by atoms with Crippen molar-refractivity contribution in [3.8, 4) is 0 Å². The average molecular weight is 610 g/mol. The maximum Gasteiger partial charge on any atom is 0.407 e. The van der Waals surface area contributed by atoms with Gasteiger partial charge >= 0.3 is 6.09 Å². The van der Waals surface area contributed by atoms with Crippen LogP contribution in [-0.4, -0.2) is 98.2 Å². The number of nitrogens with one attached hydrogen (secondary N) is 1. The van der Waals surface area contributed by atoms with Crippen molar-refractivity contribution < 1.29 is 42.7 Å². The molecule has 13 heteroatoms. The molecule has 0 aromatic heterocycles. The van der Waals surface area contributed by atoms with Gasteiger partial charge < -0.3 is 40.6 Å². The molecule has 5 atom stereocenters. The number of hydrogen-bond donors (Lipinski definition) is 5. The summed E-state index contributed by atoms with van der Waals surface area (Å²) in [4.78, 5) is 13.0. The highest BCUT2D eigenvalue weighted by atomic mass is 32.2. The Kier molecular flexibility index (Phi) is 13.0. The van der Waals surface area contributed by atoms with Gasteiger partial charge in [0, 0.05) is 18.8 Å². The quantitative estimate of drug-likeness (QED) is 0.220. The van der Waals surface area contributed by atoms with Crippen molar-refractivity contribution in [2.24, 2.45) is 11.8 Å². The SMILES string of the molecule is CC(C)CN(C[C@@H](O)[C@H](Cc1ccccc1)NC(=O)O[C@H]1CO[C@H]2OCC[C@H]21)S(=O)(=O)c1ccc(N)cc1.OCCO. The fourth-order valence-corrected chi connectivity index (χ4v) is 6.45. The lowest BCUT2D eigenvalue weighted by Gasteiger charge is -2.31. The predicted molar refractivity (Wildman–Crippen MR) is 156 cm³/mol. The summed E-state index contributed by atoms with van der Waals surface area (Å²) in [6.45, 7) is 4.33. The molecular formula is C29H43N3O9S. The van der Waals surface area contributed by atoms with Crippen LogP contribution in [0.4, 0.5) is 10.5 Å². The summed E-state index contributed by atoms with van der Waals surface area (Å²) in [5.41, 5.74) is 7.07. The van der Waals surface area contributed by atoms with E-state index in [4.69, 9.17) is 30.2 Å². The third-order valence-electron chi connectivity index (χ3n) is 6.89. The first-order chi connectivity index (χ1) is 20.0. The van der Waals surface area contributed by atoms with E-state index in [1.165, 1.54) is 28.6 Å². The van der Waals surface area contributed by atoms with Gasteiger partial charge in [-0.15, -0.1) is 0 Å². The molecule has 0 saturated carbocycles. The number of nitrogens with two attached hydrogens (primary N) is 1. The van der Waals surface area contributed by atoms with E-state index in [1.807, 2.05) is 44.2 Å². The van der Waals surface area contributed by atoms with Gasteiger partial charge in [-0.2, -0.15) is 4.31 Å². The van der Waals surface area contributed by atoms with E-state index < -0.39 is 34.4 Å². The van der Waals surface area contributed by atoms with E-state index in [0.29, 0.717) is 12.3 Å². The standard InChI is InChI=1S/C27H37N3O7S.C2H6O2/c1-18(2)15-30(38(33,34)21-10-8-20(28)9-11-21)16-24(31)23(14-19-6-4-3-5-7-19)29-27(32)37-25-17-36-26-22(25)12-13-35-26;3-1-2-4/h3-11,18,22-26,31H,12-17,28H2,1-2H3,(H,29,32);3-4H,1-2H2/t22-,23-,24+,25-,26+;/m0./s1. The van der Waals surface area contributed by atoms with E-state index >= 15 is 0 Å². The van der Waals surface area contributed by atoms with Crippen molar-refractivity contribution in [3.63, 3.8) is 0 Å². The Morgan fingerprint density at radius 1 is 1.07 bits per heavy atom. The van der Waals surface area contributed by atoms with Crippen LogP contribution < -0.4 is 11.1 Å². The lowest BCUT2D eigenvalue weighted by molar-refractivity contribution is -0.0907. The molecule has 2 saturated heterocycles. The minimum atomic E-state index is -3.93. The van der Waals surface area contributed by atoms with Gasteiger partial charge in [-0.3, -0.25) is 0 Å². The van der Waals surface area contributed by atoms with Crippen LogP contribution in [0.15, 0.2) is 59.5 Å². The van der Waals surface area contributed by atoms with Gasteiger partial charge in [0.2, 0.25) is 10.0 Å². The largest absolute Gasteiger partial charge is 0.443 e. The summed E-state index contributed by atoms with van der Waals surface area (Å²) >= 11 is 0. The molecule has 6 N–H and O–H groups in total. The topological polar surface area (TPSA) is 181 Å². The maximum absolute atomic E-state index is 13.5. The molecule has 2 heterocycles. The minimum Gasteiger partial charge on any atom is -0.443 e. The number of nitrogens with zero attached hydrogens (tertiary/aromatic N) is 1. The summed E-state index contributed by atoms with van der Waals surface area (Å²) in [5, 5.41) is 29.4. The third kappa shape index (κ3) is 9.63. The second kappa shape index (κ2) is 16.2. The van der Waals surface area contributed by atoms with Gasteiger partial charge in [0.15, 0.2) is 6.29 Å². The lowest BCUT2D eigenvalue weighted by atomic mass is 10.0. The Morgan fingerprint density at radius 3 is 2.36 bits per heavy atom. The van der Waals surface area contributed by atoms with E-state index in [1.54, 1.807) is 0 Å². The summed E-state index contributed by atoms with van der Waals surface area (Å²) in [5.74, 6) is -0.0231. The molecule has 42 heavy (non-hydrogen) atoms. The molecule has 2 fully saturated rings. The highest BCUT2D eigenvalue weighted by Crippen LogP contribution is 2.33. The molecule has 2 aromatic rings. The zero-order valence-electron chi connectivity index (χ0n) is 24.0. The van der Waals surface area contributed by atoms with E-state index in [9.17, 15) is 18.3 Å². The van der Waals surface area contributed by atoms with Crippen LogP contribution in [0.25, 0.3) is 0 Å². The highest BCUT2D eigenvalue weighted by molar-refractivity contribution is 7.89. The fraction of sp³-hybridized carbons (Fsp3) is 0.552. The predicted octanol–water partition coefficient (Wildman–Crippen LogP) is 1.35. The lowest BCUT2D eigenvalue weighted by Crippen LogP contribution is -2.51. The number of nitrogen functional groups attached to an aromatic ring is 1. The molecule has 234 valence electrons. The van der Waals surface area contributed by atoms with Crippen LogP contribution in [-0.2, 0) is 30.7 Å². The molecule has 0 radical (unpaired) electrons. The number of rotatable bonds is 12. The van der Waals surface area contributed by atoms with Gasteiger partial charge in [-0.1, -0.05) is 44.2 Å². The first-order valence-corrected chi connectivity index (χ1v) is 15.5. The molecule has 2 aromatic carbocycles. The van der Waals surface area contributed by atoms with Gasteiger partial charge in [0.05, 0.1) is 49.4 Å². The number of alkyl carbamates (subject to hydrolysis) is 1. The van der Waals surface area contributed by atoms with Crippen LogP contribution in [0.3, 0.4) is 0 Å². The minimum absolute atomic E-state index is 0.000183. The Labute approximate surface area is 247 Å². The Bertz CT molecular complexity index is 1200. The molecule has 2 aliphatic rings. The Morgan fingerprint density at radius 2 is 1.74 bits per heavy atom. The number of carbonyl (C=O) groups is 1. The van der Waals surface area contributed by atoms with E-state index in [-0.39, 0.29) is 62.4 Å². The van der Waals surface area contributed by atoms with Crippen molar-refractivity contribution in [1.29, 1.82) is 0 Å². The zero-order valence-corrected chi connectivity index (χ0v) is 24.9. The number of hydrogen-bond acceptors (Lipinski definition) is 10. The molecule has 0 spiro atoms. The third-order valence-corrected chi connectivity index (χ3v) is 8.73. The molecule has 12 nitrogen and oxygen atoms in total. The van der Waals surface area contributed by atoms with Crippen LogP contribution >= 0.6 is 0 Å². The molecule has 4 rings (SSSR count).